The SMILES string of the molecule is O=[N+]([O-])c1ccc(N2CCCC(N3CCCC3)CC2)cc1C(F)(F)F. The molecule has 0 aromatic heterocycles. The minimum absolute atomic E-state index is 0.417. The monoisotopic (exact) mass is 357 g/mol. The average Bonchev–Trinajstić information content (AvgIpc) is 2.98. The Bertz CT molecular complexity index is 630. The van der Waals surface area contributed by atoms with Crippen LogP contribution in [0.1, 0.15) is 37.7 Å². The fraction of sp³-hybridized carbons (Fsp3) is 0.647. The van der Waals surface area contributed by atoms with Crippen molar-refractivity contribution in [2.75, 3.05) is 31.1 Å². The first-order chi connectivity index (χ1) is 11.9. The number of nitro benzene ring substituents is 1. The van der Waals surface area contributed by atoms with Gasteiger partial charge in [-0.1, -0.05) is 0 Å². The highest BCUT2D eigenvalue weighted by Gasteiger charge is 2.39. The maximum absolute atomic E-state index is 13.2. The normalized spacial score (nSPS) is 22.8. The van der Waals surface area contributed by atoms with Gasteiger partial charge in [0, 0.05) is 30.9 Å². The minimum Gasteiger partial charge on any atom is -0.371 e. The number of alkyl halides is 3. The molecule has 0 spiro atoms. The molecule has 0 aliphatic carbocycles. The minimum atomic E-state index is -4.73. The molecule has 2 saturated heterocycles. The number of hydrogen-bond donors (Lipinski definition) is 0. The number of anilines is 1. The lowest BCUT2D eigenvalue weighted by atomic mass is 10.1. The summed E-state index contributed by atoms with van der Waals surface area (Å²) < 4.78 is 39.5. The molecule has 25 heavy (non-hydrogen) atoms. The number of likely N-dealkylation sites (tertiary alicyclic amines) is 1. The third-order valence-corrected chi connectivity index (χ3v) is 5.20. The first kappa shape index (κ1) is 18.0. The van der Waals surface area contributed by atoms with Gasteiger partial charge in [-0.25, -0.2) is 0 Å². The lowest BCUT2D eigenvalue weighted by Crippen LogP contribution is -2.33. The van der Waals surface area contributed by atoms with Gasteiger partial charge in [0.15, 0.2) is 0 Å². The third-order valence-electron chi connectivity index (χ3n) is 5.20. The van der Waals surface area contributed by atoms with Gasteiger partial charge in [-0.15, -0.1) is 0 Å². The Morgan fingerprint density at radius 2 is 1.76 bits per heavy atom. The highest BCUT2D eigenvalue weighted by atomic mass is 19.4. The Hall–Kier alpha value is -1.83. The number of nitrogens with zero attached hydrogens (tertiary/aromatic N) is 3. The van der Waals surface area contributed by atoms with E-state index in [2.05, 4.69) is 4.90 Å². The Labute approximate surface area is 144 Å². The van der Waals surface area contributed by atoms with Crippen LogP contribution in [0.4, 0.5) is 24.5 Å². The lowest BCUT2D eigenvalue weighted by Gasteiger charge is -2.27. The van der Waals surface area contributed by atoms with Crippen LogP contribution < -0.4 is 4.90 Å². The second-order valence-corrected chi connectivity index (χ2v) is 6.77. The highest BCUT2D eigenvalue weighted by molar-refractivity contribution is 5.56. The molecule has 3 rings (SSSR count). The van der Waals surface area contributed by atoms with Gasteiger partial charge in [-0.05, 0) is 57.3 Å². The zero-order valence-electron chi connectivity index (χ0n) is 14.0. The first-order valence-electron chi connectivity index (χ1n) is 8.71. The van der Waals surface area contributed by atoms with Crippen LogP contribution in [0.5, 0.6) is 0 Å². The summed E-state index contributed by atoms with van der Waals surface area (Å²) in [6.45, 7) is 3.58. The summed E-state index contributed by atoms with van der Waals surface area (Å²) in [5, 5.41) is 10.9. The van der Waals surface area contributed by atoms with Gasteiger partial charge in [0.05, 0.1) is 4.92 Å². The van der Waals surface area contributed by atoms with Crippen LogP contribution in [0.15, 0.2) is 18.2 Å². The molecule has 8 heteroatoms. The molecular formula is C17H22F3N3O2. The van der Waals surface area contributed by atoms with E-state index in [-0.39, 0.29) is 0 Å². The molecule has 0 radical (unpaired) electrons. The Balaban J connectivity index is 1.78. The van der Waals surface area contributed by atoms with Crippen LogP contribution in [-0.4, -0.2) is 42.0 Å². The molecule has 0 saturated carbocycles. The molecule has 2 aliphatic rings. The molecule has 5 nitrogen and oxygen atoms in total. The second kappa shape index (κ2) is 7.19. The average molecular weight is 357 g/mol. The molecule has 2 fully saturated rings. The van der Waals surface area contributed by atoms with Gasteiger partial charge >= 0.3 is 6.18 Å². The molecule has 1 aromatic rings. The van der Waals surface area contributed by atoms with Crippen LogP contribution >= 0.6 is 0 Å². The standard InChI is InChI=1S/C17H22F3N3O2/c18-17(19,20)15-12-14(5-6-16(15)23(24)25)22-10-3-4-13(7-11-22)21-8-1-2-9-21/h5-6,12-13H,1-4,7-11H2. The third kappa shape index (κ3) is 4.05. The van der Waals surface area contributed by atoms with E-state index >= 15 is 0 Å². The van der Waals surface area contributed by atoms with E-state index in [0.29, 0.717) is 24.8 Å². The second-order valence-electron chi connectivity index (χ2n) is 6.77. The van der Waals surface area contributed by atoms with Crippen molar-refractivity contribution in [3.05, 3.63) is 33.9 Å². The Morgan fingerprint density at radius 3 is 2.40 bits per heavy atom. The fourth-order valence-corrected chi connectivity index (χ4v) is 3.92. The maximum atomic E-state index is 13.2. The summed E-state index contributed by atoms with van der Waals surface area (Å²) in [6, 6.07) is 3.83. The van der Waals surface area contributed by atoms with Crippen molar-refractivity contribution in [1.29, 1.82) is 0 Å². The number of halogens is 3. The van der Waals surface area contributed by atoms with E-state index in [1.807, 2.05) is 4.90 Å². The van der Waals surface area contributed by atoms with Gasteiger partial charge in [0.25, 0.3) is 5.69 Å². The van der Waals surface area contributed by atoms with Gasteiger partial charge in [-0.3, -0.25) is 10.1 Å². The van der Waals surface area contributed by atoms with E-state index in [0.717, 1.165) is 44.5 Å². The van der Waals surface area contributed by atoms with Crippen molar-refractivity contribution >= 4 is 11.4 Å². The first-order valence-corrected chi connectivity index (χ1v) is 8.71. The maximum Gasteiger partial charge on any atom is 0.423 e. The molecule has 0 bridgehead atoms. The van der Waals surface area contributed by atoms with Crippen molar-refractivity contribution in [1.82, 2.24) is 4.90 Å². The van der Waals surface area contributed by atoms with E-state index in [1.165, 1.54) is 18.9 Å². The molecule has 2 aliphatic heterocycles. The van der Waals surface area contributed by atoms with Crippen LogP contribution in [0.2, 0.25) is 0 Å². The van der Waals surface area contributed by atoms with E-state index in [9.17, 15) is 23.3 Å². The lowest BCUT2D eigenvalue weighted by molar-refractivity contribution is -0.388. The van der Waals surface area contributed by atoms with E-state index < -0.39 is 22.4 Å². The van der Waals surface area contributed by atoms with Crippen molar-refractivity contribution in [3.63, 3.8) is 0 Å². The number of rotatable bonds is 3. The zero-order valence-corrected chi connectivity index (χ0v) is 14.0. The molecule has 1 atom stereocenters. The molecule has 1 unspecified atom stereocenters. The molecule has 138 valence electrons. The van der Waals surface area contributed by atoms with Crippen LogP contribution in [-0.2, 0) is 6.18 Å². The molecule has 0 amide bonds. The summed E-state index contributed by atoms with van der Waals surface area (Å²) >= 11 is 0. The highest BCUT2D eigenvalue weighted by Crippen LogP contribution is 2.38. The van der Waals surface area contributed by atoms with Crippen molar-refractivity contribution < 1.29 is 18.1 Å². The molecule has 0 N–H and O–H groups in total. The number of hydrogen-bond acceptors (Lipinski definition) is 4. The Kier molecular flexibility index (Phi) is 5.17. The quantitative estimate of drug-likeness (QED) is 0.604. The van der Waals surface area contributed by atoms with Crippen molar-refractivity contribution in [3.8, 4) is 0 Å². The fourth-order valence-electron chi connectivity index (χ4n) is 3.92. The van der Waals surface area contributed by atoms with Gasteiger partial charge in [-0.2, -0.15) is 13.2 Å². The largest absolute Gasteiger partial charge is 0.423 e. The van der Waals surface area contributed by atoms with Crippen molar-refractivity contribution in [2.45, 2.75) is 44.3 Å². The summed E-state index contributed by atoms with van der Waals surface area (Å²) in [4.78, 5) is 14.3. The number of nitro groups is 1. The van der Waals surface area contributed by atoms with Gasteiger partial charge < -0.3 is 9.80 Å². The predicted molar refractivity (Wildman–Crippen MR) is 88.8 cm³/mol. The Morgan fingerprint density at radius 1 is 1.04 bits per heavy atom. The summed E-state index contributed by atoms with van der Waals surface area (Å²) in [5.74, 6) is 0. The summed E-state index contributed by atoms with van der Waals surface area (Å²) in [7, 11) is 0. The van der Waals surface area contributed by atoms with Gasteiger partial charge in [0.2, 0.25) is 0 Å². The van der Waals surface area contributed by atoms with E-state index in [1.54, 1.807) is 0 Å². The van der Waals surface area contributed by atoms with E-state index in [4.69, 9.17) is 0 Å². The van der Waals surface area contributed by atoms with Crippen LogP contribution in [0.3, 0.4) is 0 Å². The topological polar surface area (TPSA) is 49.6 Å². The zero-order chi connectivity index (χ0) is 18.0. The molecular weight excluding hydrogens is 335 g/mol. The number of benzene rings is 1. The van der Waals surface area contributed by atoms with Crippen LogP contribution in [0.25, 0.3) is 0 Å². The van der Waals surface area contributed by atoms with Gasteiger partial charge in [0.1, 0.15) is 5.56 Å². The van der Waals surface area contributed by atoms with Crippen molar-refractivity contribution in [2.24, 2.45) is 0 Å². The molecule has 2 heterocycles. The summed E-state index contributed by atoms with van der Waals surface area (Å²) in [6.07, 6.45) is 0.588. The van der Waals surface area contributed by atoms with Crippen LogP contribution in [0, 0.1) is 10.1 Å². The molecule has 1 aromatic carbocycles. The smallest absolute Gasteiger partial charge is 0.371 e. The summed E-state index contributed by atoms with van der Waals surface area (Å²) in [5.41, 5.74) is -1.64. The predicted octanol–water partition coefficient (Wildman–Crippen LogP) is 4.07.